The van der Waals surface area contributed by atoms with Gasteiger partial charge in [-0.25, -0.2) is 0 Å². The second-order valence-electron chi connectivity index (χ2n) is 7.98. The number of hydrogen-bond donors (Lipinski definition) is 2. The minimum atomic E-state index is -0.473. The number of benzene rings is 3. The standard InChI is InChI=1S/C26H26ClN3O3/c27-21-11-5-4-10-20(21)26(33)28-22(19-8-2-1-3-9-19)18-25(32)30-16-14-29(15-17-30)23-12-6-7-13-24(23)31/h1-13,22,31H,14-18H2,(H,28,33)/t22-/m0/s1. The highest BCUT2D eigenvalue weighted by Gasteiger charge is 2.26. The zero-order chi connectivity index (χ0) is 23.2. The SMILES string of the molecule is O=C(N[C@@H](CC(=O)N1CCN(c2ccccc2O)CC1)c1ccccc1)c1ccccc1Cl. The van der Waals surface area contributed by atoms with Gasteiger partial charge in [0.15, 0.2) is 0 Å². The van der Waals surface area contributed by atoms with Crippen LogP contribution in [0.15, 0.2) is 78.9 Å². The van der Waals surface area contributed by atoms with E-state index in [-0.39, 0.29) is 24.0 Å². The number of hydrogen-bond acceptors (Lipinski definition) is 4. The lowest BCUT2D eigenvalue weighted by Crippen LogP contribution is -2.49. The van der Waals surface area contributed by atoms with E-state index < -0.39 is 6.04 Å². The summed E-state index contributed by atoms with van der Waals surface area (Å²) in [6, 6.07) is 23.1. The number of piperazine rings is 1. The van der Waals surface area contributed by atoms with Gasteiger partial charge in [-0.3, -0.25) is 9.59 Å². The Hall–Kier alpha value is -3.51. The number of rotatable bonds is 6. The highest BCUT2D eigenvalue weighted by atomic mass is 35.5. The molecule has 3 aromatic carbocycles. The second kappa shape index (κ2) is 10.4. The molecule has 3 aromatic rings. The lowest BCUT2D eigenvalue weighted by Gasteiger charge is -2.37. The van der Waals surface area contributed by atoms with Crippen LogP contribution in [0.4, 0.5) is 5.69 Å². The second-order valence-corrected chi connectivity index (χ2v) is 8.38. The summed E-state index contributed by atoms with van der Waals surface area (Å²) in [7, 11) is 0. The van der Waals surface area contributed by atoms with Crippen molar-refractivity contribution >= 4 is 29.1 Å². The molecule has 2 N–H and O–H groups in total. The Balaban J connectivity index is 1.43. The summed E-state index contributed by atoms with van der Waals surface area (Å²) in [4.78, 5) is 29.9. The van der Waals surface area contributed by atoms with E-state index in [1.165, 1.54) is 0 Å². The number of carbonyl (C=O) groups is 2. The minimum absolute atomic E-state index is 0.0276. The van der Waals surface area contributed by atoms with Crippen LogP contribution in [-0.2, 0) is 4.79 Å². The van der Waals surface area contributed by atoms with Gasteiger partial charge < -0.3 is 20.2 Å². The van der Waals surface area contributed by atoms with Gasteiger partial charge in [-0.1, -0.05) is 66.2 Å². The van der Waals surface area contributed by atoms with Crippen LogP contribution in [0, 0.1) is 0 Å². The van der Waals surface area contributed by atoms with Crippen molar-refractivity contribution in [1.82, 2.24) is 10.2 Å². The Bertz CT molecular complexity index is 1110. The maximum absolute atomic E-state index is 13.2. The third kappa shape index (κ3) is 5.46. The van der Waals surface area contributed by atoms with Crippen molar-refractivity contribution in [3.8, 4) is 5.75 Å². The molecule has 1 saturated heterocycles. The largest absolute Gasteiger partial charge is 0.506 e. The van der Waals surface area contributed by atoms with Gasteiger partial charge in [0, 0.05) is 26.2 Å². The molecular weight excluding hydrogens is 438 g/mol. The summed E-state index contributed by atoms with van der Waals surface area (Å²) in [5, 5.41) is 13.5. The van der Waals surface area contributed by atoms with Gasteiger partial charge in [-0.05, 0) is 29.8 Å². The summed E-state index contributed by atoms with van der Waals surface area (Å²) in [5.41, 5.74) is 2.02. The molecule has 0 spiro atoms. The van der Waals surface area contributed by atoms with Crippen LogP contribution in [0.1, 0.15) is 28.4 Å². The molecule has 170 valence electrons. The van der Waals surface area contributed by atoms with Crippen molar-refractivity contribution in [2.75, 3.05) is 31.1 Å². The quantitative estimate of drug-likeness (QED) is 0.573. The predicted molar refractivity (Wildman–Crippen MR) is 130 cm³/mol. The molecule has 0 unspecified atom stereocenters. The van der Waals surface area contributed by atoms with Crippen LogP contribution >= 0.6 is 11.6 Å². The topological polar surface area (TPSA) is 72.9 Å². The molecule has 2 amide bonds. The highest BCUT2D eigenvalue weighted by Crippen LogP contribution is 2.28. The molecule has 0 aromatic heterocycles. The Labute approximate surface area is 198 Å². The fourth-order valence-electron chi connectivity index (χ4n) is 4.05. The van der Waals surface area contributed by atoms with Crippen LogP contribution in [0.5, 0.6) is 5.75 Å². The van der Waals surface area contributed by atoms with E-state index in [1.54, 1.807) is 36.4 Å². The number of para-hydroxylation sites is 2. The first-order valence-electron chi connectivity index (χ1n) is 10.9. The van der Waals surface area contributed by atoms with E-state index >= 15 is 0 Å². The average Bonchev–Trinajstić information content (AvgIpc) is 2.85. The van der Waals surface area contributed by atoms with Gasteiger partial charge >= 0.3 is 0 Å². The number of halogens is 1. The third-order valence-corrected chi connectivity index (χ3v) is 6.19. The minimum Gasteiger partial charge on any atom is -0.506 e. The lowest BCUT2D eigenvalue weighted by molar-refractivity contribution is -0.132. The number of phenols is 1. The first-order chi connectivity index (χ1) is 16.0. The van der Waals surface area contributed by atoms with Gasteiger partial charge in [-0.2, -0.15) is 0 Å². The maximum atomic E-state index is 13.2. The molecule has 0 saturated carbocycles. The summed E-state index contributed by atoms with van der Waals surface area (Å²) in [6.45, 7) is 2.36. The maximum Gasteiger partial charge on any atom is 0.253 e. The molecular formula is C26H26ClN3O3. The van der Waals surface area contributed by atoms with Crippen LogP contribution in [0.2, 0.25) is 5.02 Å². The Morgan fingerprint density at radius 2 is 1.52 bits per heavy atom. The van der Waals surface area contributed by atoms with Crippen molar-refractivity contribution in [3.63, 3.8) is 0 Å². The fraction of sp³-hybridized carbons (Fsp3) is 0.231. The average molecular weight is 464 g/mol. The van der Waals surface area contributed by atoms with Crippen LogP contribution in [-0.4, -0.2) is 48.0 Å². The number of nitrogens with zero attached hydrogens (tertiary/aromatic N) is 2. The number of carbonyl (C=O) groups excluding carboxylic acids is 2. The Morgan fingerprint density at radius 1 is 0.879 bits per heavy atom. The molecule has 1 fully saturated rings. The van der Waals surface area contributed by atoms with Crippen LogP contribution in [0.3, 0.4) is 0 Å². The molecule has 7 heteroatoms. The van der Waals surface area contributed by atoms with E-state index in [4.69, 9.17) is 11.6 Å². The summed E-state index contributed by atoms with van der Waals surface area (Å²) in [6.07, 6.45) is 0.150. The molecule has 1 atom stereocenters. The highest BCUT2D eigenvalue weighted by molar-refractivity contribution is 6.33. The van der Waals surface area contributed by atoms with E-state index in [0.717, 1.165) is 11.3 Å². The Morgan fingerprint density at radius 3 is 2.21 bits per heavy atom. The van der Waals surface area contributed by atoms with Crippen LogP contribution in [0.25, 0.3) is 0 Å². The van der Waals surface area contributed by atoms with Gasteiger partial charge in [0.2, 0.25) is 5.91 Å². The summed E-state index contributed by atoms with van der Waals surface area (Å²) >= 11 is 6.19. The molecule has 6 nitrogen and oxygen atoms in total. The van der Waals surface area contributed by atoms with Crippen molar-refractivity contribution in [2.45, 2.75) is 12.5 Å². The fourth-order valence-corrected chi connectivity index (χ4v) is 4.27. The molecule has 33 heavy (non-hydrogen) atoms. The number of nitrogens with one attached hydrogen (secondary N) is 1. The molecule has 0 bridgehead atoms. The molecule has 0 radical (unpaired) electrons. The Kier molecular flexibility index (Phi) is 7.15. The van der Waals surface area contributed by atoms with E-state index in [9.17, 15) is 14.7 Å². The molecule has 1 aliphatic heterocycles. The molecule has 1 heterocycles. The normalized spacial score (nSPS) is 14.6. The van der Waals surface area contributed by atoms with E-state index in [0.29, 0.717) is 36.8 Å². The first kappa shape index (κ1) is 22.7. The summed E-state index contributed by atoms with van der Waals surface area (Å²) < 4.78 is 0. The van der Waals surface area contributed by atoms with E-state index in [2.05, 4.69) is 10.2 Å². The molecule has 1 aliphatic rings. The van der Waals surface area contributed by atoms with Gasteiger partial charge in [0.1, 0.15) is 5.75 Å². The van der Waals surface area contributed by atoms with Gasteiger partial charge in [0.05, 0.1) is 28.7 Å². The summed E-state index contributed by atoms with van der Waals surface area (Å²) in [5.74, 6) is -0.101. The number of anilines is 1. The van der Waals surface area contributed by atoms with Gasteiger partial charge in [-0.15, -0.1) is 0 Å². The monoisotopic (exact) mass is 463 g/mol. The van der Waals surface area contributed by atoms with Crippen LogP contribution < -0.4 is 10.2 Å². The lowest BCUT2D eigenvalue weighted by atomic mass is 10.0. The number of aromatic hydroxyl groups is 1. The van der Waals surface area contributed by atoms with Crippen molar-refractivity contribution in [3.05, 3.63) is 95.0 Å². The van der Waals surface area contributed by atoms with Gasteiger partial charge in [0.25, 0.3) is 5.91 Å². The molecule has 4 rings (SSSR count). The van der Waals surface area contributed by atoms with Crippen molar-refractivity contribution < 1.29 is 14.7 Å². The third-order valence-electron chi connectivity index (χ3n) is 5.86. The predicted octanol–water partition coefficient (Wildman–Crippen LogP) is 4.26. The first-order valence-corrected chi connectivity index (χ1v) is 11.3. The zero-order valence-electron chi connectivity index (χ0n) is 18.2. The zero-order valence-corrected chi connectivity index (χ0v) is 18.9. The smallest absolute Gasteiger partial charge is 0.253 e. The van der Waals surface area contributed by atoms with E-state index in [1.807, 2.05) is 47.4 Å². The molecule has 0 aliphatic carbocycles. The number of phenolic OH excluding ortho intramolecular Hbond substituents is 1. The van der Waals surface area contributed by atoms with Crippen molar-refractivity contribution in [1.29, 1.82) is 0 Å². The number of amides is 2. The van der Waals surface area contributed by atoms with Crippen molar-refractivity contribution in [2.24, 2.45) is 0 Å².